The van der Waals surface area contributed by atoms with Crippen LogP contribution < -0.4 is 4.90 Å². The lowest BCUT2D eigenvalue weighted by Gasteiger charge is -2.59. The summed E-state index contributed by atoms with van der Waals surface area (Å²) in [6.07, 6.45) is 12.6. The number of allylic oxidation sites excluding steroid dienone is 1. The van der Waals surface area contributed by atoms with Gasteiger partial charge in [0.1, 0.15) is 0 Å². The standard InChI is InChI=1S/C29H39NO2/c1-28-18-25(19-5-8-21(9-6-19)30(2)3)27-23-12-10-22(31)17-20(23)7-11-24(27)26(28)13-15-29(28)14-4-16-32-29/h5-6,8-9,17,23-27H,4,7,10-16,18H2,1-3H3/t23-,24-,25+,26-,27+,28-,29-/m0/s1. The van der Waals surface area contributed by atoms with Gasteiger partial charge < -0.3 is 9.64 Å². The van der Waals surface area contributed by atoms with Crippen LogP contribution in [0.4, 0.5) is 5.69 Å². The van der Waals surface area contributed by atoms with E-state index in [2.05, 4.69) is 50.2 Å². The van der Waals surface area contributed by atoms with Gasteiger partial charge in [0, 0.05) is 38.2 Å². The molecule has 3 nitrogen and oxygen atoms in total. The molecule has 0 N–H and O–H groups in total. The molecule has 0 radical (unpaired) electrons. The Kier molecular flexibility index (Phi) is 4.88. The van der Waals surface area contributed by atoms with Gasteiger partial charge in [0.15, 0.2) is 5.78 Å². The first-order valence-electron chi connectivity index (χ1n) is 13.1. The number of nitrogens with zero attached hydrogens (tertiary/aromatic N) is 1. The monoisotopic (exact) mass is 433 g/mol. The Morgan fingerprint density at radius 3 is 2.53 bits per heavy atom. The zero-order valence-corrected chi connectivity index (χ0v) is 20.1. The van der Waals surface area contributed by atoms with Crippen molar-refractivity contribution in [2.24, 2.45) is 29.1 Å². The van der Waals surface area contributed by atoms with Gasteiger partial charge in [-0.25, -0.2) is 0 Å². The Balaban J connectivity index is 1.44. The van der Waals surface area contributed by atoms with Crippen molar-refractivity contribution in [3.05, 3.63) is 41.5 Å². The molecule has 0 aromatic heterocycles. The molecular weight excluding hydrogens is 394 g/mol. The number of carbonyl (C=O) groups excluding carboxylic acids is 1. The molecule has 0 amide bonds. The largest absolute Gasteiger partial charge is 0.378 e. The lowest BCUT2D eigenvalue weighted by Crippen LogP contribution is -2.55. The minimum atomic E-state index is 0.114. The quantitative estimate of drug-likeness (QED) is 0.561. The van der Waals surface area contributed by atoms with Gasteiger partial charge >= 0.3 is 0 Å². The van der Waals surface area contributed by atoms with Crippen LogP contribution in [0.5, 0.6) is 0 Å². The second-order valence-electron chi connectivity index (χ2n) is 11.9. The zero-order chi connectivity index (χ0) is 22.1. The molecule has 0 unspecified atom stereocenters. The van der Waals surface area contributed by atoms with E-state index in [1.54, 1.807) is 0 Å². The van der Waals surface area contributed by atoms with E-state index in [9.17, 15) is 4.79 Å². The Labute approximate surface area is 193 Å². The third-order valence-electron chi connectivity index (χ3n) is 10.5. The van der Waals surface area contributed by atoms with Crippen LogP contribution in [0.25, 0.3) is 0 Å². The molecule has 3 heteroatoms. The van der Waals surface area contributed by atoms with Crippen LogP contribution >= 0.6 is 0 Å². The zero-order valence-electron chi connectivity index (χ0n) is 20.1. The summed E-state index contributed by atoms with van der Waals surface area (Å²) in [5.41, 5.74) is 4.66. The molecule has 1 aromatic rings. The number of ether oxygens (including phenoxy) is 1. The number of carbonyl (C=O) groups is 1. The molecule has 5 aliphatic rings. The summed E-state index contributed by atoms with van der Waals surface area (Å²) in [7, 11) is 4.24. The summed E-state index contributed by atoms with van der Waals surface area (Å²) in [5, 5.41) is 0. The first kappa shape index (κ1) is 21.0. The topological polar surface area (TPSA) is 29.5 Å². The molecule has 3 saturated carbocycles. The summed E-state index contributed by atoms with van der Waals surface area (Å²) < 4.78 is 6.65. The minimum Gasteiger partial charge on any atom is -0.378 e. The Morgan fingerprint density at radius 1 is 1.00 bits per heavy atom. The van der Waals surface area contributed by atoms with Gasteiger partial charge in [-0.2, -0.15) is 0 Å². The summed E-state index contributed by atoms with van der Waals surface area (Å²) in [6.45, 7) is 3.55. The van der Waals surface area contributed by atoms with Crippen LogP contribution in [-0.4, -0.2) is 32.1 Å². The van der Waals surface area contributed by atoms with Crippen molar-refractivity contribution >= 4 is 11.5 Å². The molecule has 1 aliphatic heterocycles. The van der Waals surface area contributed by atoms with Crippen LogP contribution in [0, 0.1) is 29.1 Å². The Hall–Kier alpha value is -1.61. The molecular formula is C29H39NO2. The number of fused-ring (bicyclic) bond motifs is 6. The summed E-state index contributed by atoms with van der Waals surface area (Å²) in [6, 6.07) is 9.42. The van der Waals surface area contributed by atoms with E-state index in [0.717, 1.165) is 37.7 Å². The van der Waals surface area contributed by atoms with Crippen molar-refractivity contribution < 1.29 is 9.53 Å². The van der Waals surface area contributed by atoms with E-state index in [1.165, 1.54) is 55.3 Å². The van der Waals surface area contributed by atoms with Crippen molar-refractivity contribution in [3.8, 4) is 0 Å². The highest BCUT2D eigenvalue weighted by atomic mass is 16.5. The predicted octanol–water partition coefficient (Wildman–Crippen LogP) is 6.14. The second-order valence-corrected chi connectivity index (χ2v) is 11.9. The predicted molar refractivity (Wildman–Crippen MR) is 129 cm³/mol. The molecule has 7 atom stereocenters. The maximum Gasteiger partial charge on any atom is 0.155 e. The van der Waals surface area contributed by atoms with E-state index < -0.39 is 0 Å². The molecule has 1 spiro atoms. The molecule has 1 aromatic carbocycles. The van der Waals surface area contributed by atoms with Crippen LogP contribution in [0.15, 0.2) is 35.9 Å². The summed E-state index contributed by atoms with van der Waals surface area (Å²) in [4.78, 5) is 14.4. The fourth-order valence-corrected chi connectivity index (χ4v) is 9.09. The van der Waals surface area contributed by atoms with Crippen molar-refractivity contribution in [1.29, 1.82) is 0 Å². The van der Waals surface area contributed by atoms with Crippen molar-refractivity contribution in [2.75, 3.05) is 25.6 Å². The number of ketones is 1. The van der Waals surface area contributed by atoms with E-state index in [4.69, 9.17) is 4.74 Å². The molecule has 4 fully saturated rings. The van der Waals surface area contributed by atoms with Crippen molar-refractivity contribution in [2.45, 2.75) is 76.2 Å². The highest BCUT2D eigenvalue weighted by Crippen LogP contribution is 2.70. The lowest BCUT2D eigenvalue weighted by molar-refractivity contribution is -0.134. The lowest BCUT2D eigenvalue weighted by atomic mass is 9.46. The average molecular weight is 434 g/mol. The fraction of sp³-hybridized carbons (Fsp3) is 0.690. The van der Waals surface area contributed by atoms with Crippen LogP contribution in [0.3, 0.4) is 0 Å². The van der Waals surface area contributed by atoms with Gasteiger partial charge in [0.2, 0.25) is 0 Å². The van der Waals surface area contributed by atoms with E-state index >= 15 is 0 Å². The van der Waals surface area contributed by atoms with Gasteiger partial charge in [-0.15, -0.1) is 0 Å². The molecule has 4 aliphatic carbocycles. The van der Waals surface area contributed by atoms with Gasteiger partial charge in [-0.05, 0) is 105 Å². The SMILES string of the molecule is CN(C)c1ccc([C@H]2C[C@@]3(C)[C@@H](CC[C@@]34CCCO4)[C@@H]3CCC4=CC(=O)CC[C@@H]4[C@H]32)cc1. The number of anilines is 1. The smallest absolute Gasteiger partial charge is 0.155 e. The summed E-state index contributed by atoms with van der Waals surface area (Å²) >= 11 is 0. The molecule has 1 heterocycles. The molecule has 172 valence electrons. The number of hydrogen-bond donors (Lipinski definition) is 0. The maximum absolute atomic E-state index is 12.2. The average Bonchev–Trinajstić information content (AvgIpc) is 3.39. The van der Waals surface area contributed by atoms with Crippen molar-refractivity contribution in [3.63, 3.8) is 0 Å². The number of benzene rings is 1. The van der Waals surface area contributed by atoms with Gasteiger partial charge in [-0.3, -0.25) is 4.79 Å². The molecule has 0 bridgehead atoms. The summed E-state index contributed by atoms with van der Waals surface area (Å²) in [5.74, 6) is 3.77. The highest BCUT2D eigenvalue weighted by molar-refractivity contribution is 5.91. The van der Waals surface area contributed by atoms with Crippen LogP contribution in [-0.2, 0) is 9.53 Å². The molecule has 32 heavy (non-hydrogen) atoms. The fourth-order valence-electron chi connectivity index (χ4n) is 9.09. The van der Waals surface area contributed by atoms with Gasteiger partial charge in [0.25, 0.3) is 0 Å². The minimum absolute atomic E-state index is 0.114. The van der Waals surface area contributed by atoms with Gasteiger partial charge in [-0.1, -0.05) is 24.6 Å². The second kappa shape index (κ2) is 7.45. The third kappa shape index (κ3) is 2.92. The van der Waals surface area contributed by atoms with Crippen LogP contribution in [0.1, 0.15) is 76.2 Å². The van der Waals surface area contributed by atoms with Crippen molar-refractivity contribution in [1.82, 2.24) is 0 Å². The highest BCUT2D eigenvalue weighted by Gasteiger charge is 2.66. The Morgan fingerprint density at radius 2 is 1.81 bits per heavy atom. The number of rotatable bonds is 2. The maximum atomic E-state index is 12.2. The first-order chi connectivity index (χ1) is 15.4. The molecule has 6 rings (SSSR count). The third-order valence-corrected chi connectivity index (χ3v) is 10.5. The normalized spacial score (nSPS) is 42.9. The van der Waals surface area contributed by atoms with E-state index in [0.29, 0.717) is 23.5 Å². The Bertz CT molecular complexity index is 925. The van der Waals surface area contributed by atoms with Crippen LogP contribution in [0.2, 0.25) is 0 Å². The molecule has 1 saturated heterocycles. The van der Waals surface area contributed by atoms with E-state index in [-0.39, 0.29) is 11.0 Å². The number of hydrogen-bond acceptors (Lipinski definition) is 3. The first-order valence-corrected chi connectivity index (χ1v) is 13.1. The van der Waals surface area contributed by atoms with E-state index in [1.807, 2.05) is 6.08 Å². The van der Waals surface area contributed by atoms with Gasteiger partial charge in [0.05, 0.1) is 5.60 Å².